The number of hydrogen-bond donors (Lipinski definition) is 1. The predicted octanol–water partition coefficient (Wildman–Crippen LogP) is 2.69. The van der Waals surface area contributed by atoms with Crippen LogP contribution in [0.4, 0.5) is 4.39 Å². The number of halogens is 1. The third kappa shape index (κ3) is 3.06. The van der Waals surface area contributed by atoms with Gasteiger partial charge in [0, 0.05) is 6.07 Å². The molecule has 21 heavy (non-hydrogen) atoms. The molecule has 6 heteroatoms. The van der Waals surface area contributed by atoms with Gasteiger partial charge in [-0.05, 0) is 29.8 Å². The first-order valence-corrected chi connectivity index (χ1v) is 6.30. The fraction of sp³-hybridized carbons (Fsp3) is 0.0667. The number of aliphatic hydroxyl groups is 1. The van der Waals surface area contributed by atoms with Crippen molar-refractivity contribution in [3.8, 4) is 17.4 Å². The average Bonchev–Trinajstić information content (AvgIpc) is 2.96. The van der Waals surface area contributed by atoms with Crippen LogP contribution in [0.15, 0.2) is 54.9 Å². The number of aromatic nitrogens is 3. The summed E-state index contributed by atoms with van der Waals surface area (Å²) in [6, 6.07) is 13.5. The Hall–Kier alpha value is -2.73. The minimum Gasteiger partial charge on any atom is -0.423 e. The standard InChI is InChI=1S/C15H12FN3O2/c16-12-6-11(9-20)7-14(8-12)21-15-17-10-19(18-15)13-4-2-1-3-5-13/h1-8,10,20H,9H2. The fourth-order valence-corrected chi connectivity index (χ4v) is 1.88. The van der Waals surface area contributed by atoms with Crippen LogP contribution in [0.5, 0.6) is 11.8 Å². The molecule has 0 saturated heterocycles. The van der Waals surface area contributed by atoms with Crippen molar-refractivity contribution < 1.29 is 14.2 Å². The summed E-state index contributed by atoms with van der Waals surface area (Å²) in [7, 11) is 0. The Bertz CT molecular complexity index is 744. The Kier molecular flexibility index (Phi) is 3.61. The van der Waals surface area contributed by atoms with Crippen molar-refractivity contribution in [3.05, 3.63) is 66.2 Å². The maximum atomic E-state index is 13.4. The molecule has 0 bridgehead atoms. The van der Waals surface area contributed by atoms with E-state index in [1.807, 2.05) is 30.3 Å². The van der Waals surface area contributed by atoms with Crippen molar-refractivity contribution in [3.63, 3.8) is 0 Å². The highest BCUT2D eigenvalue weighted by molar-refractivity contribution is 5.32. The van der Waals surface area contributed by atoms with E-state index in [9.17, 15) is 4.39 Å². The first-order valence-electron chi connectivity index (χ1n) is 6.30. The zero-order valence-electron chi connectivity index (χ0n) is 11.0. The molecule has 0 spiro atoms. The Morgan fingerprint density at radius 3 is 2.71 bits per heavy atom. The first kappa shape index (κ1) is 13.3. The monoisotopic (exact) mass is 285 g/mol. The SMILES string of the molecule is OCc1cc(F)cc(Oc2ncn(-c3ccccc3)n2)c1. The second-order valence-electron chi connectivity index (χ2n) is 4.36. The quantitative estimate of drug-likeness (QED) is 0.800. The Labute approximate surface area is 120 Å². The molecule has 0 radical (unpaired) electrons. The lowest BCUT2D eigenvalue weighted by atomic mass is 10.2. The maximum absolute atomic E-state index is 13.4. The molecule has 106 valence electrons. The number of nitrogens with zero attached hydrogens (tertiary/aromatic N) is 3. The summed E-state index contributed by atoms with van der Waals surface area (Å²) in [5, 5.41) is 13.2. The van der Waals surface area contributed by atoms with Crippen LogP contribution in [0.1, 0.15) is 5.56 Å². The van der Waals surface area contributed by atoms with Gasteiger partial charge in [0.15, 0.2) is 0 Å². The van der Waals surface area contributed by atoms with Gasteiger partial charge in [0.2, 0.25) is 0 Å². The Morgan fingerprint density at radius 2 is 1.95 bits per heavy atom. The van der Waals surface area contributed by atoms with Crippen LogP contribution in [0.3, 0.4) is 0 Å². The van der Waals surface area contributed by atoms with Crippen LogP contribution in [0, 0.1) is 5.82 Å². The molecule has 1 heterocycles. The molecule has 3 rings (SSSR count). The highest BCUT2D eigenvalue weighted by Crippen LogP contribution is 2.21. The molecule has 0 aliphatic heterocycles. The summed E-state index contributed by atoms with van der Waals surface area (Å²) in [5.74, 6) is -0.246. The topological polar surface area (TPSA) is 60.2 Å². The van der Waals surface area contributed by atoms with Gasteiger partial charge in [-0.2, -0.15) is 4.98 Å². The van der Waals surface area contributed by atoms with E-state index in [4.69, 9.17) is 9.84 Å². The molecular weight excluding hydrogens is 273 g/mol. The van der Waals surface area contributed by atoms with E-state index in [2.05, 4.69) is 10.1 Å². The Balaban J connectivity index is 1.83. The van der Waals surface area contributed by atoms with E-state index in [-0.39, 0.29) is 18.4 Å². The summed E-state index contributed by atoms with van der Waals surface area (Å²) < 4.78 is 20.3. The number of benzene rings is 2. The molecule has 0 fully saturated rings. The molecule has 0 amide bonds. The highest BCUT2D eigenvalue weighted by Gasteiger charge is 2.07. The second kappa shape index (κ2) is 5.72. The normalized spacial score (nSPS) is 10.6. The van der Waals surface area contributed by atoms with Gasteiger partial charge < -0.3 is 9.84 Å². The molecule has 5 nitrogen and oxygen atoms in total. The van der Waals surface area contributed by atoms with E-state index >= 15 is 0 Å². The summed E-state index contributed by atoms with van der Waals surface area (Å²) >= 11 is 0. The lowest BCUT2D eigenvalue weighted by Gasteiger charge is -2.03. The van der Waals surface area contributed by atoms with E-state index in [0.29, 0.717) is 5.56 Å². The minimum absolute atomic E-state index is 0.105. The molecule has 0 saturated carbocycles. The highest BCUT2D eigenvalue weighted by atomic mass is 19.1. The number of hydrogen-bond acceptors (Lipinski definition) is 4. The number of aliphatic hydroxyl groups excluding tert-OH is 1. The third-order valence-electron chi connectivity index (χ3n) is 2.81. The second-order valence-corrected chi connectivity index (χ2v) is 4.36. The first-order chi connectivity index (χ1) is 10.2. The molecule has 1 aromatic heterocycles. The van der Waals surface area contributed by atoms with Crippen LogP contribution in [0.25, 0.3) is 5.69 Å². The molecule has 1 N–H and O–H groups in total. The van der Waals surface area contributed by atoms with Gasteiger partial charge >= 0.3 is 6.01 Å². The third-order valence-corrected chi connectivity index (χ3v) is 2.81. The van der Waals surface area contributed by atoms with Gasteiger partial charge in [-0.15, -0.1) is 5.10 Å². The molecule has 0 atom stereocenters. The van der Waals surface area contributed by atoms with Crippen molar-refractivity contribution in [2.45, 2.75) is 6.61 Å². The predicted molar refractivity (Wildman–Crippen MR) is 73.8 cm³/mol. The molecule has 0 aliphatic rings. The van der Waals surface area contributed by atoms with Gasteiger partial charge in [-0.25, -0.2) is 9.07 Å². The van der Waals surface area contributed by atoms with Crippen molar-refractivity contribution >= 4 is 0 Å². The van der Waals surface area contributed by atoms with Gasteiger partial charge in [0.1, 0.15) is 17.9 Å². The van der Waals surface area contributed by atoms with Crippen molar-refractivity contribution in [1.82, 2.24) is 14.8 Å². The molecule has 2 aromatic carbocycles. The largest absolute Gasteiger partial charge is 0.423 e. The van der Waals surface area contributed by atoms with Crippen molar-refractivity contribution in [2.75, 3.05) is 0 Å². The summed E-state index contributed by atoms with van der Waals surface area (Å²) in [6.45, 7) is -0.264. The number of ether oxygens (including phenoxy) is 1. The molecule has 0 unspecified atom stereocenters. The fourth-order valence-electron chi connectivity index (χ4n) is 1.88. The lowest BCUT2D eigenvalue weighted by Crippen LogP contribution is -1.95. The molecule has 0 aliphatic carbocycles. The smallest absolute Gasteiger partial charge is 0.341 e. The maximum Gasteiger partial charge on any atom is 0.341 e. The van der Waals surface area contributed by atoms with Crippen molar-refractivity contribution in [2.24, 2.45) is 0 Å². The van der Waals surface area contributed by atoms with E-state index in [0.717, 1.165) is 5.69 Å². The van der Waals surface area contributed by atoms with E-state index in [1.165, 1.54) is 24.5 Å². The Morgan fingerprint density at radius 1 is 1.14 bits per heavy atom. The van der Waals surface area contributed by atoms with Crippen LogP contribution >= 0.6 is 0 Å². The lowest BCUT2D eigenvalue weighted by molar-refractivity contribution is 0.280. The van der Waals surface area contributed by atoms with Crippen LogP contribution in [-0.4, -0.2) is 19.9 Å². The average molecular weight is 285 g/mol. The van der Waals surface area contributed by atoms with E-state index in [1.54, 1.807) is 4.68 Å². The zero-order valence-corrected chi connectivity index (χ0v) is 11.0. The summed E-state index contributed by atoms with van der Waals surface area (Å²) in [5.41, 5.74) is 1.27. The van der Waals surface area contributed by atoms with E-state index < -0.39 is 5.82 Å². The molecule has 3 aromatic rings. The van der Waals surface area contributed by atoms with Gasteiger partial charge in [-0.3, -0.25) is 0 Å². The van der Waals surface area contributed by atoms with Crippen LogP contribution < -0.4 is 4.74 Å². The van der Waals surface area contributed by atoms with Gasteiger partial charge in [0.25, 0.3) is 0 Å². The summed E-state index contributed by atoms with van der Waals surface area (Å²) in [4.78, 5) is 4.02. The minimum atomic E-state index is -0.487. The van der Waals surface area contributed by atoms with Crippen molar-refractivity contribution in [1.29, 1.82) is 0 Å². The number of rotatable bonds is 4. The van der Waals surface area contributed by atoms with Crippen LogP contribution in [-0.2, 0) is 6.61 Å². The summed E-state index contributed by atoms with van der Waals surface area (Å²) in [6.07, 6.45) is 1.51. The van der Waals surface area contributed by atoms with Gasteiger partial charge in [0.05, 0.1) is 12.3 Å². The van der Waals surface area contributed by atoms with Crippen LogP contribution in [0.2, 0.25) is 0 Å². The zero-order chi connectivity index (χ0) is 14.7. The molecular formula is C15H12FN3O2. The number of para-hydroxylation sites is 1. The van der Waals surface area contributed by atoms with Gasteiger partial charge in [-0.1, -0.05) is 18.2 Å².